The molecule has 0 radical (unpaired) electrons. The fraction of sp³-hybridized carbons (Fsp3) is 0.600. The van der Waals surface area contributed by atoms with E-state index in [4.69, 9.17) is 4.74 Å². The zero-order valence-corrected chi connectivity index (χ0v) is 10.7. The van der Waals surface area contributed by atoms with Crippen LogP contribution in [0.4, 0.5) is 0 Å². The lowest BCUT2D eigenvalue weighted by Crippen LogP contribution is -2.31. The standard InChI is InChI=1S/C15H22O/c1-5-6-14-15(4)8-7-12(11(2)3)9-13(15)10-16-14/h5-9,11,13-14H,10H2,1-4H3/b6-5+/t13-,14+,15-/m1/s1. The van der Waals surface area contributed by atoms with Gasteiger partial charge in [0.25, 0.3) is 0 Å². The second-order valence-electron chi connectivity index (χ2n) is 5.41. The van der Waals surface area contributed by atoms with Crippen LogP contribution in [0.15, 0.2) is 36.0 Å². The van der Waals surface area contributed by atoms with E-state index in [2.05, 4.69) is 58.1 Å². The Labute approximate surface area is 98.9 Å². The highest BCUT2D eigenvalue weighted by Gasteiger charge is 2.45. The van der Waals surface area contributed by atoms with E-state index in [-0.39, 0.29) is 11.5 Å². The van der Waals surface area contributed by atoms with Gasteiger partial charge in [-0.05, 0) is 18.4 Å². The van der Waals surface area contributed by atoms with Crippen molar-refractivity contribution >= 4 is 0 Å². The predicted octanol–water partition coefficient (Wildman–Crippen LogP) is 3.74. The van der Waals surface area contributed by atoms with Gasteiger partial charge in [0.2, 0.25) is 0 Å². The van der Waals surface area contributed by atoms with Gasteiger partial charge in [-0.1, -0.05) is 51.2 Å². The molecule has 0 bridgehead atoms. The minimum Gasteiger partial charge on any atom is -0.373 e. The van der Waals surface area contributed by atoms with Gasteiger partial charge in [0, 0.05) is 11.3 Å². The number of rotatable bonds is 2. The molecule has 0 unspecified atom stereocenters. The molecule has 1 heterocycles. The Kier molecular flexibility index (Phi) is 3.07. The third-order valence-corrected chi connectivity index (χ3v) is 3.93. The molecule has 0 aromatic rings. The molecule has 0 amide bonds. The topological polar surface area (TPSA) is 9.23 Å². The molecule has 1 nitrogen and oxygen atoms in total. The van der Waals surface area contributed by atoms with Crippen molar-refractivity contribution in [1.29, 1.82) is 0 Å². The number of ether oxygens (including phenoxy) is 1. The van der Waals surface area contributed by atoms with Gasteiger partial charge in [0.05, 0.1) is 12.7 Å². The van der Waals surface area contributed by atoms with Gasteiger partial charge in [-0.25, -0.2) is 0 Å². The van der Waals surface area contributed by atoms with Crippen molar-refractivity contribution in [3.8, 4) is 0 Å². The van der Waals surface area contributed by atoms with Gasteiger partial charge in [-0.2, -0.15) is 0 Å². The van der Waals surface area contributed by atoms with Gasteiger partial charge in [-0.15, -0.1) is 0 Å². The van der Waals surface area contributed by atoms with Crippen molar-refractivity contribution < 1.29 is 4.74 Å². The van der Waals surface area contributed by atoms with Gasteiger partial charge < -0.3 is 4.74 Å². The molecule has 1 fully saturated rings. The first-order chi connectivity index (χ1) is 7.58. The smallest absolute Gasteiger partial charge is 0.0850 e. The van der Waals surface area contributed by atoms with Crippen molar-refractivity contribution in [2.75, 3.05) is 6.61 Å². The molecule has 0 saturated carbocycles. The van der Waals surface area contributed by atoms with Crippen LogP contribution in [0.3, 0.4) is 0 Å². The zero-order valence-electron chi connectivity index (χ0n) is 10.7. The first-order valence-electron chi connectivity index (χ1n) is 6.23. The fourth-order valence-corrected chi connectivity index (χ4v) is 2.61. The van der Waals surface area contributed by atoms with E-state index >= 15 is 0 Å². The highest BCUT2D eigenvalue weighted by atomic mass is 16.5. The van der Waals surface area contributed by atoms with Crippen LogP contribution < -0.4 is 0 Å². The number of hydrogen-bond acceptors (Lipinski definition) is 1. The quantitative estimate of drug-likeness (QED) is 0.642. The maximum absolute atomic E-state index is 5.89. The van der Waals surface area contributed by atoms with Crippen molar-refractivity contribution in [3.63, 3.8) is 0 Å². The minimum absolute atomic E-state index is 0.158. The maximum atomic E-state index is 5.89. The van der Waals surface area contributed by atoms with Crippen LogP contribution >= 0.6 is 0 Å². The molecule has 2 rings (SSSR count). The molecule has 3 atom stereocenters. The molecule has 1 heteroatoms. The summed E-state index contributed by atoms with van der Waals surface area (Å²) in [5.74, 6) is 1.15. The third kappa shape index (κ3) is 1.78. The van der Waals surface area contributed by atoms with E-state index < -0.39 is 0 Å². The second kappa shape index (κ2) is 4.21. The van der Waals surface area contributed by atoms with Crippen LogP contribution in [0.2, 0.25) is 0 Å². The minimum atomic E-state index is 0.158. The Morgan fingerprint density at radius 3 is 2.88 bits per heavy atom. The van der Waals surface area contributed by atoms with Crippen molar-refractivity contribution in [3.05, 3.63) is 36.0 Å². The van der Waals surface area contributed by atoms with E-state index in [1.807, 2.05) is 0 Å². The number of fused-ring (bicyclic) bond motifs is 1. The molecule has 0 aromatic heterocycles. The Morgan fingerprint density at radius 2 is 2.25 bits per heavy atom. The molecule has 0 spiro atoms. The second-order valence-corrected chi connectivity index (χ2v) is 5.41. The molecule has 1 aliphatic carbocycles. The van der Waals surface area contributed by atoms with E-state index in [1.54, 1.807) is 0 Å². The SMILES string of the molecule is C/C=C/[C@@H]1OC[C@H]2C=C(C(C)C)C=C[C@]21C. The van der Waals surface area contributed by atoms with E-state index in [0.29, 0.717) is 11.8 Å². The van der Waals surface area contributed by atoms with Crippen molar-refractivity contribution in [2.45, 2.75) is 33.8 Å². The summed E-state index contributed by atoms with van der Waals surface area (Å²) in [6, 6.07) is 0. The average Bonchev–Trinajstić information content (AvgIpc) is 2.56. The lowest BCUT2D eigenvalue weighted by molar-refractivity contribution is 0.113. The summed E-state index contributed by atoms with van der Waals surface area (Å²) in [5.41, 5.74) is 1.61. The van der Waals surface area contributed by atoms with Crippen molar-refractivity contribution in [2.24, 2.45) is 17.3 Å². The Balaban J connectivity index is 2.25. The summed E-state index contributed by atoms with van der Waals surface area (Å²) in [5, 5.41) is 0. The van der Waals surface area contributed by atoms with E-state index in [0.717, 1.165) is 6.61 Å². The Hall–Kier alpha value is -0.820. The molecule has 0 N–H and O–H groups in total. The molecule has 88 valence electrons. The summed E-state index contributed by atoms with van der Waals surface area (Å²) in [6.07, 6.45) is 11.6. The highest BCUT2D eigenvalue weighted by Crippen LogP contribution is 2.46. The number of allylic oxidation sites excluding steroid dienone is 3. The third-order valence-electron chi connectivity index (χ3n) is 3.93. The summed E-state index contributed by atoms with van der Waals surface area (Å²) in [4.78, 5) is 0. The number of hydrogen-bond donors (Lipinski definition) is 0. The van der Waals surface area contributed by atoms with Gasteiger partial charge in [0.15, 0.2) is 0 Å². The van der Waals surface area contributed by atoms with Crippen LogP contribution in [0.25, 0.3) is 0 Å². The summed E-state index contributed by atoms with van der Waals surface area (Å²) in [6.45, 7) is 9.71. The van der Waals surface area contributed by atoms with E-state index in [9.17, 15) is 0 Å². The first-order valence-corrected chi connectivity index (χ1v) is 6.23. The molecule has 1 aliphatic heterocycles. The molecular formula is C15H22O. The lowest BCUT2D eigenvalue weighted by atomic mass is 9.70. The highest BCUT2D eigenvalue weighted by molar-refractivity contribution is 5.33. The van der Waals surface area contributed by atoms with Gasteiger partial charge in [0.1, 0.15) is 0 Å². The van der Waals surface area contributed by atoms with Crippen LogP contribution in [-0.4, -0.2) is 12.7 Å². The van der Waals surface area contributed by atoms with Gasteiger partial charge in [-0.3, -0.25) is 0 Å². The Bertz CT molecular complexity index is 348. The van der Waals surface area contributed by atoms with Crippen LogP contribution in [0.1, 0.15) is 27.7 Å². The molecule has 16 heavy (non-hydrogen) atoms. The molecular weight excluding hydrogens is 196 g/mol. The van der Waals surface area contributed by atoms with Crippen LogP contribution in [0, 0.1) is 17.3 Å². The average molecular weight is 218 g/mol. The summed E-state index contributed by atoms with van der Waals surface area (Å²) >= 11 is 0. The Morgan fingerprint density at radius 1 is 1.50 bits per heavy atom. The zero-order chi connectivity index (χ0) is 11.8. The molecule has 0 aromatic carbocycles. The lowest BCUT2D eigenvalue weighted by Gasteiger charge is -2.32. The summed E-state index contributed by atoms with van der Waals surface area (Å²) < 4.78 is 5.89. The first kappa shape index (κ1) is 11.7. The van der Waals surface area contributed by atoms with Crippen LogP contribution in [-0.2, 0) is 4.74 Å². The normalized spacial score (nSPS) is 38.2. The summed E-state index contributed by atoms with van der Waals surface area (Å²) in [7, 11) is 0. The molecule has 1 saturated heterocycles. The predicted molar refractivity (Wildman–Crippen MR) is 68.2 cm³/mol. The largest absolute Gasteiger partial charge is 0.373 e. The van der Waals surface area contributed by atoms with Crippen LogP contribution in [0.5, 0.6) is 0 Å². The van der Waals surface area contributed by atoms with Gasteiger partial charge >= 0.3 is 0 Å². The van der Waals surface area contributed by atoms with Crippen molar-refractivity contribution in [1.82, 2.24) is 0 Å². The fourth-order valence-electron chi connectivity index (χ4n) is 2.61. The monoisotopic (exact) mass is 218 g/mol. The van der Waals surface area contributed by atoms with E-state index in [1.165, 1.54) is 5.57 Å². The molecule has 2 aliphatic rings. The maximum Gasteiger partial charge on any atom is 0.0850 e.